The average molecular weight is 249 g/mol. The highest BCUT2D eigenvalue weighted by Gasteiger charge is 2.07. The molecule has 0 unspecified atom stereocenters. The molecule has 0 bridgehead atoms. The van der Waals surface area contributed by atoms with Crippen LogP contribution in [0.2, 0.25) is 0 Å². The first kappa shape index (κ1) is 11.3. The van der Waals surface area contributed by atoms with E-state index in [0.717, 1.165) is 16.8 Å². The number of rotatable bonds is 3. The van der Waals surface area contributed by atoms with Crippen molar-refractivity contribution in [1.82, 2.24) is 19.9 Å². The normalized spacial score (nSPS) is 11.5. The van der Waals surface area contributed by atoms with Crippen LogP contribution in [0.5, 0.6) is 0 Å². The zero-order chi connectivity index (χ0) is 12.9. The first-order chi connectivity index (χ1) is 9.43. The second-order valence-electron chi connectivity index (χ2n) is 3.90. The maximum absolute atomic E-state index is 4.53. The van der Waals surface area contributed by atoms with Crippen molar-refractivity contribution in [2.75, 3.05) is 0 Å². The van der Waals surface area contributed by atoms with Gasteiger partial charge in [0.25, 0.3) is 0 Å². The van der Waals surface area contributed by atoms with Crippen LogP contribution in [0.15, 0.2) is 72.6 Å². The molecule has 0 radical (unpaired) electrons. The minimum atomic E-state index is 0.827. The van der Waals surface area contributed by atoms with E-state index in [1.807, 2.05) is 42.5 Å². The molecule has 3 aromatic rings. The van der Waals surface area contributed by atoms with Gasteiger partial charge in [-0.3, -0.25) is 4.98 Å². The van der Waals surface area contributed by atoms with Gasteiger partial charge in [0.1, 0.15) is 18.4 Å². The van der Waals surface area contributed by atoms with E-state index in [4.69, 9.17) is 0 Å². The van der Waals surface area contributed by atoms with Gasteiger partial charge in [0.15, 0.2) is 0 Å². The van der Waals surface area contributed by atoms with Gasteiger partial charge in [0.05, 0.1) is 0 Å². The molecule has 0 N–H and O–H groups in total. The molecule has 92 valence electrons. The summed E-state index contributed by atoms with van der Waals surface area (Å²) in [7, 11) is 0. The van der Waals surface area contributed by atoms with Gasteiger partial charge in [-0.2, -0.15) is 5.10 Å². The molecule has 0 aliphatic heterocycles. The highest BCUT2D eigenvalue weighted by Crippen LogP contribution is 2.10. The lowest BCUT2D eigenvalue weighted by atomic mass is 10.0. The first-order valence-corrected chi connectivity index (χ1v) is 5.83. The van der Waals surface area contributed by atoms with Crippen LogP contribution in [0.25, 0.3) is 0 Å². The second-order valence-corrected chi connectivity index (χ2v) is 3.90. The first-order valence-electron chi connectivity index (χ1n) is 5.83. The van der Waals surface area contributed by atoms with Crippen LogP contribution in [0.1, 0.15) is 11.1 Å². The van der Waals surface area contributed by atoms with Gasteiger partial charge < -0.3 is 0 Å². The summed E-state index contributed by atoms with van der Waals surface area (Å²) in [5, 5.41) is 12.0. The fourth-order valence-corrected chi connectivity index (χ4v) is 1.74. The summed E-state index contributed by atoms with van der Waals surface area (Å²) in [6, 6.07) is 13.8. The van der Waals surface area contributed by atoms with Gasteiger partial charge >= 0.3 is 0 Å². The van der Waals surface area contributed by atoms with E-state index in [1.165, 1.54) is 0 Å². The topological polar surface area (TPSA) is 56.0 Å². The molecule has 19 heavy (non-hydrogen) atoms. The third kappa shape index (κ3) is 2.55. The molecule has 0 atom stereocenters. The quantitative estimate of drug-likeness (QED) is 0.667. The summed E-state index contributed by atoms with van der Waals surface area (Å²) in [5.74, 6) is 0. The van der Waals surface area contributed by atoms with Crippen LogP contribution in [-0.4, -0.2) is 25.6 Å². The number of hydrogen-bond donors (Lipinski definition) is 0. The van der Waals surface area contributed by atoms with Crippen molar-refractivity contribution in [3.8, 4) is 0 Å². The van der Waals surface area contributed by atoms with Crippen LogP contribution < -0.4 is 0 Å². The summed E-state index contributed by atoms with van der Waals surface area (Å²) in [5.41, 5.74) is 2.79. The second kappa shape index (κ2) is 5.22. The van der Waals surface area contributed by atoms with Crippen LogP contribution in [-0.2, 0) is 0 Å². The molecule has 5 nitrogen and oxygen atoms in total. The van der Waals surface area contributed by atoms with Crippen LogP contribution in [0.4, 0.5) is 0 Å². The molecule has 0 fully saturated rings. The van der Waals surface area contributed by atoms with Gasteiger partial charge in [0, 0.05) is 23.5 Å². The van der Waals surface area contributed by atoms with Crippen molar-refractivity contribution in [3.05, 3.63) is 78.6 Å². The molecule has 2 aromatic heterocycles. The van der Waals surface area contributed by atoms with Crippen molar-refractivity contribution in [2.45, 2.75) is 0 Å². The fourth-order valence-electron chi connectivity index (χ4n) is 1.74. The molecular formula is C14H11N5. The van der Waals surface area contributed by atoms with E-state index in [2.05, 4.69) is 20.3 Å². The lowest BCUT2D eigenvalue weighted by molar-refractivity contribution is 0.872. The van der Waals surface area contributed by atoms with Crippen LogP contribution in [0, 0.1) is 0 Å². The minimum Gasteiger partial charge on any atom is -0.264 e. The Kier molecular flexibility index (Phi) is 3.10. The van der Waals surface area contributed by atoms with Crippen LogP contribution >= 0.6 is 0 Å². The predicted octanol–water partition coefficient (Wildman–Crippen LogP) is 1.97. The van der Waals surface area contributed by atoms with Gasteiger partial charge in [0.2, 0.25) is 0 Å². The fraction of sp³-hybridized carbons (Fsp3) is 0. The number of pyridine rings is 1. The number of benzene rings is 1. The molecule has 3 rings (SSSR count). The van der Waals surface area contributed by atoms with Gasteiger partial charge in [-0.15, -0.1) is 10.2 Å². The highest BCUT2D eigenvalue weighted by molar-refractivity contribution is 6.12. The van der Waals surface area contributed by atoms with Crippen molar-refractivity contribution in [2.24, 2.45) is 5.10 Å². The summed E-state index contributed by atoms with van der Waals surface area (Å²) in [6.45, 7) is 0. The monoisotopic (exact) mass is 249 g/mol. The summed E-state index contributed by atoms with van der Waals surface area (Å²) < 4.78 is 1.58. The van der Waals surface area contributed by atoms with Crippen molar-refractivity contribution in [1.29, 1.82) is 0 Å². The molecule has 0 spiro atoms. The number of nitrogens with zero attached hydrogens (tertiary/aromatic N) is 5. The summed E-state index contributed by atoms with van der Waals surface area (Å²) in [6.07, 6.45) is 6.64. The molecule has 0 amide bonds. The largest absolute Gasteiger partial charge is 0.264 e. The standard InChI is InChI=1S/C14H11N5/c1-2-5-12(6-3-1)14(13-7-4-8-15-9-13)18-19-10-16-17-11-19/h1-11H. The van der Waals surface area contributed by atoms with Crippen molar-refractivity contribution >= 4 is 5.71 Å². The number of hydrogen-bond acceptors (Lipinski definition) is 4. The Labute approximate surface area is 110 Å². The van der Waals surface area contributed by atoms with Crippen molar-refractivity contribution in [3.63, 3.8) is 0 Å². The lowest BCUT2D eigenvalue weighted by Gasteiger charge is -2.06. The Hall–Kier alpha value is -2.82. The Balaban J connectivity index is 2.12. The van der Waals surface area contributed by atoms with Crippen LogP contribution in [0.3, 0.4) is 0 Å². The van der Waals surface area contributed by atoms with E-state index in [0.29, 0.717) is 0 Å². The average Bonchev–Trinajstić information content (AvgIpc) is 3.00. The maximum Gasteiger partial charge on any atom is 0.141 e. The third-order valence-electron chi connectivity index (χ3n) is 2.60. The molecule has 0 aliphatic rings. The maximum atomic E-state index is 4.53. The Morgan fingerprint density at radius 2 is 1.63 bits per heavy atom. The Bertz CT molecular complexity index is 618. The van der Waals surface area contributed by atoms with Gasteiger partial charge in [-0.05, 0) is 12.1 Å². The summed E-state index contributed by atoms with van der Waals surface area (Å²) >= 11 is 0. The Morgan fingerprint density at radius 1 is 0.895 bits per heavy atom. The van der Waals surface area contributed by atoms with Crippen molar-refractivity contribution < 1.29 is 0 Å². The summed E-state index contributed by atoms with van der Waals surface area (Å²) in [4.78, 5) is 4.14. The van der Waals surface area contributed by atoms with E-state index < -0.39 is 0 Å². The minimum absolute atomic E-state index is 0.827. The molecule has 0 saturated carbocycles. The smallest absolute Gasteiger partial charge is 0.141 e. The zero-order valence-corrected chi connectivity index (χ0v) is 10.1. The molecule has 5 heteroatoms. The molecular weight excluding hydrogens is 238 g/mol. The molecule has 1 aromatic carbocycles. The molecule has 0 aliphatic carbocycles. The third-order valence-corrected chi connectivity index (χ3v) is 2.60. The van der Waals surface area contributed by atoms with E-state index in [-0.39, 0.29) is 0 Å². The highest BCUT2D eigenvalue weighted by atomic mass is 15.4. The molecule has 2 heterocycles. The van der Waals surface area contributed by atoms with E-state index in [9.17, 15) is 0 Å². The van der Waals surface area contributed by atoms with E-state index >= 15 is 0 Å². The Morgan fingerprint density at radius 3 is 2.32 bits per heavy atom. The number of aromatic nitrogens is 4. The van der Waals surface area contributed by atoms with Gasteiger partial charge in [-0.1, -0.05) is 30.3 Å². The SMILES string of the molecule is c1ccc(C(=Nn2cnnc2)c2cccnc2)cc1. The molecule has 0 saturated heterocycles. The van der Waals surface area contributed by atoms with Gasteiger partial charge in [-0.25, -0.2) is 4.68 Å². The lowest BCUT2D eigenvalue weighted by Crippen LogP contribution is -2.06. The zero-order valence-electron chi connectivity index (χ0n) is 10.1. The predicted molar refractivity (Wildman–Crippen MR) is 71.7 cm³/mol. The van der Waals surface area contributed by atoms with E-state index in [1.54, 1.807) is 29.7 Å².